The van der Waals surface area contributed by atoms with E-state index < -0.39 is 0 Å². The molecule has 0 atom stereocenters. The molecule has 1 saturated heterocycles. The molecule has 1 aromatic carbocycles. The zero-order valence-corrected chi connectivity index (χ0v) is 12.2. The molecule has 0 saturated carbocycles. The van der Waals surface area contributed by atoms with Gasteiger partial charge >= 0.3 is 0 Å². The molecule has 5 heteroatoms. The zero-order valence-electron chi connectivity index (χ0n) is 12.2. The molecule has 0 bridgehead atoms. The van der Waals surface area contributed by atoms with Crippen LogP contribution in [0.4, 0.5) is 0 Å². The van der Waals surface area contributed by atoms with Crippen LogP contribution in [0.5, 0.6) is 0 Å². The largest absolute Gasteiger partial charge is 0.380 e. The summed E-state index contributed by atoms with van der Waals surface area (Å²) < 4.78 is 5.41. The Labute approximate surface area is 125 Å². The van der Waals surface area contributed by atoms with Gasteiger partial charge in [0.15, 0.2) is 0 Å². The predicted octanol–water partition coefficient (Wildman–Crippen LogP) is 0.984. The normalized spacial score (nSPS) is 17.7. The first-order chi connectivity index (χ1) is 10.3. The zero-order chi connectivity index (χ0) is 14.9. The Hall–Kier alpha value is -1.88. The fourth-order valence-corrected chi connectivity index (χ4v) is 2.29. The number of nitrogens with one attached hydrogen (secondary N) is 1. The first-order valence-electron chi connectivity index (χ1n) is 7.42. The Balaban J connectivity index is 1.93. The Morgan fingerprint density at radius 2 is 2.00 bits per heavy atom. The van der Waals surface area contributed by atoms with E-state index in [9.17, 15) is 9.59 Å². The van der Waals surface area contributed by atoms with Gasteiger partial charge in [-0.05, 0) is 12.0 Å². The van der Waals surface area contributed by atoms with Gasteiger partial charge in [0.25, 0.3) is 0 Å². The monoisotopic (exact) mass is 290 g/mol. The minimum absolute atomic E-state index is 0.0296. The molecular formula is C16H22N2O3. The molecule has 0 aliphatic carbocycles. The van der Waals surface area contributed by atoms with Crippen molar-refractivity contribution in [3.8, 4) is 0 Å². The first kappa shape index (κ1) is 15.5. The van der Waals surface area contributed by atoms with Gasteiger partial charge in [-0.3, -0.25) is 9.59 Å². The third-order valence-electron chi connectivity index (χ3n) is 3.44. The fourth-order valence-electron chi connectivity index (χ4n) is 2.29. The van der Waals surface area contributed by atoms with Gasteiger partial charge in [0.1, 0.15) is 0 Å². The van der Waals surface area contributed by atoms with Gasteiger partial charge in [0, 0.05) is 32.7 Å². The summed E-state index contributed by atoms with van der Waals surface area (Å²) in [7, 11) is 0. The minimum atomic E-state index is -0.0296. The maximum atomic E-state index is 12.4. The SMILES string of the molecule is O=C1CCN(C(=O)Cc2ccccc2)CCCOCCN1. The van der Waals surface area contributed by atoms with Crippen LogP contribution in [-0.2, 0) is 20.7 Å². The summed E-state index contributed by atoms with van der Waals surface area (Å²) in [6, 6.07) is 9.68. The van der Waals surface area contributed by atoms with E-state index in [1.165, 1.54) is 0 Å². The quantitative estimate of drug-likeness (QED) is 0.883. The summed E-state index contributed by atoms with van der Waals surface area (Å²) >= 11 is 0. The van der Waals surface area contributed by atoms with E-state index in [2.05, 4.69) is 5.32 Å². The van der Waals surface area contributed by atoms with Gasteiger partial charge in [-0.15, -0.1) is 0 Å². The van der Waals surface area contributed by atoms with Crippen molar-refractivity contribution in [2.24, 2.45) is 0 Å². The topological polar surface area (TPSA) is 58.6 Å². The van der Waals surface area contributed by atoms with E-state index in [1.54, 1.807) is 4.90 Å². The average molecular weight is 290 g/mol. The van der Waals surface area contributed by atoms with Crippen LogP contribution in [0.15, 0.2) is 30.3 Å². The second-order valence-electron chi connectivity index (χ2n) is 5.11. The predicted molar refractivity (Wildman–Crippen MR) is 79.8 cm³/mol. The highest BCUT2D eigenvalue weighted by Gasteiger charge is 2.16. The molecule has 1 aliphatic rings. The fraction of sp³-hybridized carbons (Fsp3) is 0.500. The van der Waals surface area contributed by atoms with Crippen LogP contribution in [0, 0.1) is 0 Å². The second-order valence-corrected chi connectivity index (χ2v) is 5.11. The summed E-state index contributed by atoms with van der Waals surface area (Å²) in [4.78, 5) is 25.8. The molecule has 0 unspecified atom stereocenters. The third kappa shape index (κ3) is 5.55. The van der Waals surface area contributed by atoms with Crippen molar-refractivity contribution >= 4 is 11.8 Å². The molecule has 1 heterocycles. The van der Waals surface area contributed by atoms with Crippen LogP contribution in [0.1, 0.15) is 18.4 Å². The molecule has 1 aromatic rings. The summed E-state index contributed by atoms with van der Waals surface area (Å²) in [5, 5.41) is 2.79. The third-order valence-corrected chi connectivity index (χ3v) is 3.44. The van der Waals surface area contributed by atoms with E-state index in [0.29, 0.717) is 45.7 Å². The van der Waals surface area contributed by atoms with E-state index >= 15 is 0 Å². The molecule has 0 spiro atoms. The van der Waals surface area contributed by atoms with E-state index in [0.717, 1.165) is 12.0 Å². The summed E-state index contributed by atoms with van der Waals surface area (Å²) in [6.07, 6.45) is 1.53. The lowest BCUT2D eigenvalue weighted by Gasteiger charge is -2.22. The standard InChI is InChI=1S/C16H22N2O3/c19-15-7-10-18(9-4-11-21-12-8-17-15)16(20)13-14-5-2-1-3-6-14/h1-3,5-6H,4,7-13H2,(H,17,19). The smallest absolute Gasteiger partial charge is 0.227 e. The number of hydrogen-bond donors (Lipinski definition) is 1. The van der Waals surface area contributed by atoms with Crippen molar-refractivity contribution in [3.63, 3.8) is 0 Å². The van der Waals surface area contributed by atoms with Gasteiger partial charge in [-0.2, -0.15) is 0 Å². The summed E-state index contributed by atoms with van der Waals surface area (Å²) in [5.41, 5.74) is 0.998. The summed E-state index contributed by atoms with van der Waals surface area (Å²) in [5.74, 6) is 0.0336. The number of amides is 2. The minimum Gasteiger partial charge on any atom is -0.380 e. The Kier molecular flexibility index (Phi) is 6.22. The molecule has 0 aromatic heterocycles. The average Bonchev–Trinajstić information content (AvgIpc) is 2.54. The van der Waals surface area contributed by atoms with Crippen LogP contribution >= 0.6 is 0 Å². The molecular weight excluding hydrogens is 268 g/mol. The molecule has 0 radical (unpaired) electrons. The van der Waals surface area contributed by atoms with Crippen molar-refractivity contribution in [2.45, 2.75) is 19.3 Å². The van der Waals surface area contributed by atoms with E-state index in [4.69, 9.17) is 4.74 Å². The van der Waals surface area contributed by atoms with Gasteiger partial charge < -0.3 is 15.0 Å². The lowest BCUT2D eigenvalue weighted by Crippen LogP contribution is -2.37. The van der Waals surface area contributed by atoms with Crippen molar-refractivity contribution in [3.05, 3.63) is 35.9 Å². The van der Waals surface area contributed by atoms with Crippen LogP contribution in [-0.4, -0.2) is 49.6 Å². The Morgan fingerprint density at radius 3 is 2.81 bits per heavy atom. The highest BCUT2D eigenvalue weighted by Crippen LogP contribution is 2.05. The number of hydrogen-bond acceptors (Lipinski definition) is 3. The second kappa shape index (κ2) is 8.42. The maximum absolute atomic E-state index is 12.4. The number of nitrogens with zero attached hydrogens (tertiary/aromatic N) is 1. The van der Waals surface area contributed by atoms with Gasteiger partial charge in [0.05, 0.1) is 13.0 Å². The molecule has 5 nitrogen and oxygen atoms in total. The lowest BCUT2D eigenvalue weighted by atomic mass is 10.1. The van der Waals surface area contributed by atoms with Crippen molar-refractivity contribution < 1.29 is 14.3 Å². The van der Waals surface area contributed by atoms with Crippen LogP contribution < -0.4 is 5.32 Å². The lowest BCUT2D eigenvalue weighted by molar-refractivity contribution is -0.131. The maximum Gasteiger partial charge on any atom is 0.227 e. The molecule has 2 amide bonds. The number of rotatable bonds is 2. The highest BCUT2D eigenvalue weighted by atomic mass is 16.5. The van der Waals surface area contributed by atoms with Crippen molar-refractivity contribution in [1.29, 1.82) is 0 Å². The molecule has 21 heavy (non-hydrogen) atoms. The van der Waals surface area contributed by atoms with E-state index in [-0.39, 0.29) is 11.8 Å². The van der Waals surface area contributed by atoms with Crippen LogP contribution in [0.2, 0.25) is 0 Å². The molecule has 2 rings (SSSR count). The number of carbonyl (C=O) groups excluding carboxylic acids is 2. The van der Waals surface area contributed by atoms with Crippen LogP contribution in [0.3, 0.4) is 0 Å². The van der Waals surface area contributed by atoms with Crippen molar-refractivity contribution in [2.75, 3.05) is 32.8 Å². The molecule has 1 aliphatic heterocycles. The van der Waals surface area contributed by atoms with Gasteiger partial charge in [-0.25, -0.2) is 0 Å². The molecule has 1 fully saturated rings. The van der Waals surface area contributed by atoms with Crippen LogP contribution in [0.25, 0.3) is 0 Å². The van der Waals surface area contributed by atoms with E-state index in [1.807, 2.05) is 30.3 Å². The van der Waals surface area contributed by atoms with Gasteiger partial charge in [0.2, 0.25) is 11.8 Å². The number of benzene rings is 1. The number of carbonyl (C=O) groups is 2. The highest BCUT2D eigenvalue weighted by molar-refractivity contribution is 5.80. The van der Waals surface area contributed by atoms with Gasteiger partial charge in [-0.1, -0.05) is 30.3 Å². The molecule has 1 N–H and O–H groups in total. The number of ether oxygens (including phenoxy) is 1. The first-order valence-corrected chi connectivity index (χ1v) is 7.42. The molecule has 114 valence electrons. The van der Waals surface area contributed by atoms with Crippen molar-refractivity contribution in [1.82, 2.24) is 10.2 Å². The Morgan fingerprint density at radius 1 is 1.19 bits per heavy atom. The summed E-state index contributed by atoms with van der Waals surface area (Å²) in [6.45, 7) is 2.79. The Bertz CT molecular complexity index is 462.